The Morgan fingerprint density at radius 2 is 1.40 bits per heavy atom. The average Bonchev–Trinajstić information content (AvgIpc) is 2.50. The van der Waals surface area contributed by atoms with Gasteiger partial charge in [0.1, 0.15) is 0 Å². The summed E-state index contributed by atoms with van der Waals surface area (Å²) in [5, 5.41) is 0. The predicted octanol–water partition coefficient (Wildman–Crippen LogP) is 1.51. The lowest BCUT2D eigenvalue weighted by Crippen LogP contribution is -2.47. The Bertz CT molecular complexity index is 246. The number of likely N-dealkylation sites (N-methyl/N-ethyl adjacent to an activating group) is 1. The van der Waals surface area contributed by atoms with Crippen LogP contribution in [0.4, 0.5) is 0 Å². The molecule has 4 heteroatoms. The van der Waals surface area contributed by atoms with Crippen molar-refractivity contribution >= 4 is 0 Å². The highest BCUT2D eigenvalue weighted by Crippen LogP contribution is 2.14. The zero-order valence-electron chi connectivity index (χ0n) is 13.5. The molecule has 0 amide bonds. The fourth-order valence-corrected chi connectivity index (χ4v) is 3.29. The highest BCUT2D eigenvalue weighted by Gasteiger charge is 2.20. The third-order valence-corrected chi connectivity index (χ3v) is 4.75. The molecule has 0 unspecified atom stereocenters. The highest BCUT2D eigenvalue weighted by atomic mass is 16.5. The van der Waals surface area contributed by atoms with Gasteiger partial charge in [-0.25, -0.2) is 0 Å². The summed E-state index contributed by atoms with van der Waals surface area (Å²) in [6.07, 6.45) is 4.24. The monoisotopic (exact) mass is 283 g/mol. The first kappa shape index (κ1) is 16.2. The van der Waals surface area contributed by atoms with Crippen LogP contribution in [0.1, 0.15) is 33.1 Å². The Hall–Kier alpha value is -0.160. The zero-order valence-corrected chi connectivity index (χ0v) is 13.5. The van der Waals surface area contributed by atoms with Crippen LogP contribution in [0.25, 0.3) is 0 Å². The van der Waals surface area contributed by atoms with Gasteiger partial charge in [0.15, 0.2) is 0 Å². The minimum Gasteiger partial charge on any atom is -0.377 e. The van der Waals surface area contributed by atoms with E-state index in [1.807, 2.05) is 0 Å². The standard InChI is InChI=1S/C16H33N3O/c1-3-7-18-8-5-16(6-9-18)20-15-14-19-12-10-17(4-2)11-13-19/h16H,3-15H2,1-2H3. The van der Waals surface area contributed by atoms with Gasteiger partial charge in [-0.2, -0.15) is 0 Å². The molecule has 2 aliphatic heterocycles. The van der Waals surface area contributed by atoms with Gasteiger partial charge in [0, 0.05) is 45.8 Å². The summed E-state index contributed by atoms with van der Waals surface area (Å²) >= 11 is 0. The van der Waals surface area contributed by atoms with E-state index in [4.69, 9.17) is 4.74 Å². The zero-order chi connectivity index (χ0) is 14.2. The van der Waals surface area contributed by atoms with Gasteiger partial charge in [-0.05, 0) is 32.4 Å². The number of nitrogens with zero attached hydrogens (tertiary/aromatic N) is 3. The van der Waals surface area contributed by atoms with Crippen molar-refractivity contribution < 1.29 is 4.74 Å². The third kappa shape index (κ3) is 5.32. The summed E-state index contributed by atoms with van der Waals surface area (Å²) in [5.41, 5.74) is 0. The summed E-state index contributed by atoms with van der Waals surface area (Å²) in [5.74, 6) is 0. The second kappa shape index (κ2) is 8.98. The van der Waals surface area contributed by atoms with Crippen molar-refractivity contribution in [3.63, 3.8) is 0 Å². The van der Waals surface area contributed by atoms with Gasteiger partial charge in [-0.1, -0.05) is 13.8 Å². The maximum absolute atomic E-state index is 6.08. The molecule has 2 saturated heterocycles. The van der Waals surface area contributed by atoms with Crippen molar-refractivity contribution in [3.8, 4) is 0 Å². The van der Waals surface area contributed by atoms with Gasteiger partial charge in [0.25, 0.3) is 0 Å². The Morgan fingerprint density at radius 1 is 0.800 bits per heavy atom. The molecule has 4 nitrogen and oxygen atoms in total. The van der Waals surface area contributed by atoms with Crippen LogP contribution in [0.15, 0.2) is 0 Å². The van der Waals surface area contributed by atoms with Crippen molar-refractivity contribution in [1.82, 2.24) is 14.7 Å². The quantitative estimate of drug-likeness (QED) is 0.705. The largest absolute Gasteiger partial charge is 0.377 e. The van der Waals surface area contributed by atoms with E-state index < -0.39 is 0 Å². The average molecular weight is 283 g/mol. The number of hydrogen-bond donors (Lipinski definition) is 0. The third-order valence-electron chi connectivity index (χ3n) is 4.75. The lowest BCUT2D eigenvalue weighted by atomic mass is 10.1. The van der Waals surface area contributed by atoms with Crippen LogP contribution < -0.4 is 0 Å². The van der Waals surface area contributed by atoms with E-state index in [-0.39, 0.29) is 0 Å². The molecule has 0 aliphatic carbocycles. The summed E-state index contributed by atoms with van der Waals surface area (Å²) in [7, 11) is 0. The van der Waals surface area contributed by atoms with Crippen LogP contribution in [0.2, 0.25) is 0 Å². The molecule has 0 aromatic heterocycles. The van der Waals surface area contributed by atoms with Crippen molar-refractivity contribution in [2.24, 2.45) is 0 Å². The lowest BCUT2D eigenvalue weighted by Gasteiger charge is -2.35. The van der Waals surface area contributed by atoms with E-state index in [1.165, 1.54) is 71.6 Å². The fraction of sp³-hybridized carbons (Fsp3) is 1.00. The summed E-state index contributed by atoms with van der Waals surface area (Å²) in [6.45, 7) is 16.4. The van der Waals surface area contributed by atoms with Gasteiger partial charge < -0.3 is 14.5 Å². The van der Waals surface area contributed by atoms with Crippen LogP contribution in [-0.4, -0.2) is 86.3 Å². The number of rotatable bonds is 7. The summed E-state index contributed by atoms with van der Waals surface area (Å²) in [4.78, 5) is 7.66. The molecule has 0 atom stereocenters. The Labute approximate surface area is 125 Å². The lowest BCUT2D eigenvalue weighted by molar-refractivity contribution is -0.00610. The van der Waals surface area contributed by atoms with Gasteiger partial charge in [0.05, 0.1) is 12.7 Å². The van der Waals surface area contributed by atoms with Crippen LogP contribution in [0.3, 0.4) is 0 Å². The molecule has 0 bridgehead atoms. The van der Waals surface area contributed by atoms with Gasteiger partial charge in [0.2, 0.25) is 0 Å². The number of likely N-dealkylation sites (tertiary alicyclic amines) is 1. The van der Waals surface area contributed by atoms with Crippen molar-refractivity contribution in [3.05, 3.63) is 0 Å². The number of piperidine rings is 1. The fourth-order valence-electron chi connectivity index (χ4n) is 3.29. The second-order valence-electron chi connectivity index (χ2n) is 6.19. The Balaban J connectivity index is 1.52. The number of hydrogen-bond acceptors (Lipinski definition) is 4. The molecule has 118 valence electrons. The molecule has 2 fully saturated rings. The number of ether oxygens (including phenoxy) is 1. The highest BCUT2D eigenvalue weighted by molar-refractivity contribution is 4.73. The molecule has 2 rings (SSSR count). The topological polar surface area (TPSA) is 19.0 Å². The molecular formula is C16H33N3O. The minimum absolute atomic E-state index is 0.514. The van der Waals surface area contributed by atoms with E-state index >= 15 is 0 Å². The minimum atomic E-state index is 0.514. The molecule has 2 heterocycles. The Morgan fingerprint density at radius 3 is 2.00 bits per heavy atom. The van der Waals surface area contributed by atoms with E-state index in [2.05, 4.69) is 28.5 Å². The van der Waals surface area contributed by atoms with E-state index in [9.17, 15) is 0 Å². The van der Waals surface area contributed by atoms with Crippen molar-refractivity contribution in [2.75, 3.05) is 65.5 Å². The molecule has 0 radical (unpaired) electrons. The molecule has 0 N–H and O–H groups in total. The normalized spacial score (nSPS) is 24.3. The van der Waals surface area contributed by atoms with Crippen LogP contribution in [0.5, 0.6) is 0 Å². The van der Waals surface area contributed by atoms with E-state index in [0.29, 0.717) is 6.10 Å². The van der Waals surface area contributed by atoms with Crippen LogP contribution in [0, 0.1) is 0 Å². The maximum Gasteiger partial charge on any atom is 0.0600 e. The van der Waals surface area contributed by atoms with Gasteiger partial charge in [-0.15, -0.1) is 0 Å². The predicted molar refractivity (Wildman–Crippen MR) is 84.3 cm³/mol. The first-order valence-electron chi connectivity index (χ1n) is 8.60. The second-order valence-corrected chi connectivity index (χ2v) is 6.19. The molecule has 0 spiro atoms. The smallest absolute Gasteiger partial charge is 0.0600 e. The van der Waals surface area contributed by atoms with Crippen LogP contribution >= 0.6 is 0 Å². The van der Waals surface area contributed by atoms with E-state index in [0.717, 1.165) is 13.2 Å². The van der Waals surface area contributed by atoms with E-state index in [1.54, 1.807) is 0 Å². The molecule has 0 saturated carbocycles. The number of piperazine rings is 1. The first-order valence-corrected chi connectivity index (χ1v) is 8.60. The van der Waals surface area contributed by atoms with Crippen molar-refractivity contribution in [1.29, 1.82) is 0 Å². The Kier molecular flexibility index (Phi) is 7.28. The van der Waals surface area contributed by atoms with Gasteiger partial charge in [-0.3, -0.25) is 4.90 Å². The molecule has 0 aromatic carbocycles. The summed E-state index contributed by atoms with van der Waals surface area (Å²) < 4.78 is 6.08. The SMILES string of the molecule is CCCN1CCC(OCCN2CCN(CC)CC2)CC1. The molecule has 20 heavy (non-hydrogen) atoms. The summed E-state index contributed by atoms with van der Waals surface area (Å²) in [6, 6.07) is 0. The molecule has 0 aromatic rings. The first-order chi connectivity index (χ1) is 9.81. The molecular weight excluding hydrogens is 250 g/mol. The molecule has 2 aliphatic rings. The van der Waals surface area contributed by atoms with Gasteiger partial charge >= 0.3 is 0 Å². The van der Waals surface area contributed by atoms with Crippen LogP contribution in [-0.2, 0) is 4.74 Å². The van der Waals surface area contributed by atoms with Crippen molar-refractivity contribution in [2.45, 2.75) is 39.2 Å². The maximum atomic E-state index is 6.08.